The largest absolute Gasteiger partial charge is 0.477 e. The number of oxime groups is 1. The predicted molar refractivity (Wildman–Crippen MR) is 141 cm³/mol. The number of thioether (sulfide) groups is 1. The molecule has 2 atom stereocenters. The molecular formula is C20H26FN8O8S3+. The molecular weight excluding hydrogens is 595 g/mol. The number of nitrogen functional groups attached to an aromatic ring is 1. The molecule has 0 aliphatic carbocycles. The summed E-state index contributed by atoms with van der Waals surface area (Å²) in [4.78, 5) is 47.2. The van der Waals surface area contributed by atoms with E-state index in [0.717, 1.165) is 20.7 Å². The maximum absolute atomic E-state index is 13.0. The average Bonchev–Trinajstić information content (AvgIpc) is 3.32. The van der Waals surface area contributed by atoms with Crippen LogP contribution in [-0.4, -0.2) is 128 Å². The van der Waals surface area contributed by atoms with Crippen LogP contribution in [0.3, 0.4) is 0 Å². The molecule has 4 rings (SSSR count). The van der Waals surface area contributed by atoms with E-state index in [1.165, 1.54) is 11.8 Å². The number of nitrogens with zero attached hydrogens (tertiary/aromatic N) is 6. The molecule has 5 N–H and O–H groups in total. The quantitative estimate of drug-likeness (QED) is 0.0782. The lowest BCUT2D eigenvalue weighted by molar-refractivity contribution is -0.907. The van der Waals surface area contributed by atoms with Crippen molar-refractivity contribution >= 4 is 62.2 Å². The van der Waals surface area contributed by atoms with Crippen molar-refractivity contribution in [1.29, 1.82) is 0 Å². The minimum atomic E-state index is -4.25. The number of likely N-dealkylation sites (N-methyl/N-ethyl adjacent to an activating group) is 1. The number of nitrogens with one attached hydrogen (secondary N) is 1. The van der Waals surface area contributed by atoms with Crippen LogP contribution in [0.4, 0.5) is 9.52 Å². The highest BCUT2D eigenvalue weighted by Crippen LogP contribution is 2.40. The number of carboxylic acids is 1. The summed E-state index contributed by atoms with van der Waals surface area (Å²) in [6, 6.07) is -1.09. The van der Waals surface area contributed by atoms with Gasteiger partial charge in [0, 0.05) is 17.3 Å². The Kier molecular flexibility index (Phi) is 8.75. The van der Waals surface area contributed by atoms with Gasteiger partial charge >= 0.3 is 16.3 Å². The SMILES string of the molecule is C[N+]1(C/C=C/C2=C(C(=O)O)N3C(=O)[C@@H](NC(=O)/C(=N\OCF)c4nsc(N)n4)[C@H]3SC2)CCN(S(=O)(=O)O)CC1. The molecule has 218 valence electrons. The van der Waals surface area contributed by atoms with Gasteiger partial charge in [0.15, 0.2) is 5.13 Å². The van der Waals surface area contributed by atoms with Gasteiger partial charge in [-0.2, -0.15) is 22.1 Å². The smallest absolute Gasteiger partial charge is 0.352 e. The first-order chi connectivity index (χ1) is 18.8. The van der Waals surface area contributed by atoms with Gasteiger partial charge in [-0.1, -0.05) is 11.2 Å². The van der Waals surface area contributed by atoms with Crippen LogP contribution in [0.25, 0.3) is 0 Å². The molecule has 2 saturated heterocycles. The number of β-lactam (4-membered cyclic amide) rings is 1. The zero-order valence-corrected chi connectivity index (χ0v) is 23.4. The van der Waals surface area contributed by atoms with Gasteiger partial charge in [-0.15, -0.1) is 11.8 Å². The number of nitrogens with two attached hydrogens (primary N) is 1. The number of aliphatic carboxylic acids is 1. The van der Waals surface area contributed by atoms with E-state index in [2.05, 4.69) is 24.7 Å². The number of anilines is 1. The maximum Gasteiger partial charge on any atom is 0.352 e. The summed E-state index contributed by atoms with van der Waals surface area (Å²) in [6.45, 7) is 0.337. The lowest BCUT2D eigenvalue weighted by Gasteiger charge is -2.49. The highest BCUT2D eigenvalue weighted by molar-refractivity contribution is 8.00. The topological polar surface area (TPSA) is 218 Å². The van der Waals surface area contributed by atoms with Crippen molar-refractivity contribution in [2.24, 2.45) is 5.16 Å². The van der Waals surface area contributed by atoms with Crippen LogP contribution in [0.2, 0.25) is 0 Å². The molecule has 1 aromatic heterocycles. The van der Waals surface area contributed by atoms with E-state index in [9.17, 15) is 36.9 Å². The number of fused-ring (bicyclic) bond motifs is 1. The van der Waals surface area contributed by atoms with Crippen LogP contribution < -0.4 is 11.1 Å². The predicted octanol–water partition coefficient (Wildman–Crippen LogP) is -1.37. The Hall–Kier alpha value is -3.17. The number of halogens is 1. The Bertz CT molecular complexity index is 1390. The molecule has 4 heterocycles. The van der Waals surface area contributed by atoms with Crippen molar-refractivity contribution in [3.05, 3.63) is 29.2 Å². The molecule has 0 radical (unpaired) electrons. The number of carbonyl (C=O) groups excluding carboxylic acids is 2. The van der Waals surface area contributed by atoms with E-state index in [4.69, 9.17) is 5.73 Å². The van der Waals surface area contributed by atoms with Gasteiger partial charge in [0.1, 0.15) is 17.1 Å². The van der Waals surface area contributed by atoms with Gasteiger partial charge in [0.2, 0.25) is 11.5 Å². The van der Waals surface area contributed by atoms with Crippen molar-refractivity contribution in [3.63, 3.8) is 0 Å². The normalized spacial score (nSPS) is 23.6. The Morgan fingerprint density at radius 1 is 1.38 bits per heavy atom. The Labute approximate surface area is 235 Å². The van der Waals surface area contributed by atoms with Crippen LogP contribution in [0, 0.1) is 0 Å². The van der Waals surface area contributed by atoms with Gasteiger partial charge in [0.05, 0.1) is 39.8 Å². The third-order valence-corrected chi connectivity index (χ3v) is 9.39. The summed E-state index contributed by atoms with van der Waals surface area (Å²) in [6.07, 6.45) is 3.40. The number of hydrogen-bond acceptors (Lipinski definition) is 12. The highest BCUT2D eigenvalue weighted by atomic mass is 32.2. The Morgan fingerprint density at radius 3 is 2.65 bits per heavy atom. The zero-order valence-electron chi connectivity index (χ0n) is 21.0. The van der Waals surface area contributed by atoms with Crippen molar-refractivity contribution in [2.45, 2.75) is 11.4 Å². The minimum Gasteiger partial charge on any atom is -0.477 e. The first-order valence-electron chi connectivity index (χ1n) is 11.6. The van der Waals surface area contributed by atoms with Crippen LogP contribution in [0.1, 0.15) is 5.82 Å². The number of aromatic nitrogens is 2. The molecule has 0 aromatic carbocycles. The molecule has 3 aliphatic heterocycles. The number of carbonyl (C=O) groups is 3. The van der Waals surface area contributed by atoms with Crippen LogP contribution in [-0.2, 0) is 29.5 Å². The summed E-state index contributed by atoms with van der Waals surface area (Å²) in [7, 11) is -2.33. The van der Waals surface area contributed by atoms with Gasteiger partial charge in [-0.05, 0) is 11.6 Å². The summed E-state index contributed by atoms with van der Waals surface area (Å²) < 4.78 is 49.7. The van der Waals surface area contributed by atoms with Crippen molar-refractivity contribution < 1.29 is 46.2 Å². The molecule has 0 saturated carbocycles. The van der Waals surface area contributed by atoms with Gasteiger partial charge in [-0.25, -0.2) is 9.18 Å². The summed E-state index contributed by atoms with van der Waals surface area (Å²) in [5.74, 6) is -2.89. The van der Waals surface area contributed by atoms with E-state index in [-0.39, 0.29) is 35.5 Å². The number of piperazine rings is 1. The lowest BCUT2D eigenvalue weighted by Crippen LogP contribution is -2.71. The number of carboxylic acid groups (broad SMARTS) is 1. The molecule has 20 heteroatoms. The molecule has 16 nitrogen and oxygen atoms in total. The molecule has 40 heavy (non-hydrogen) atoms. The molecule has 0 unspecified atom stereocenters. The second-order valence-corrected chi connectivity index (χ2v) is 12.5. The van der Waals surface area contributed by atoms with E-state index >= 15 is 0 Å². The average molecular weight is 622 g/mol. The second-order valence-electron chi connectivity index (χ2n) is 9.20. The van der Waals surface area contributed by atoms with E-state index in [1.54, 1.807) is 12.2 Å². The third kappa shape index (κ3) is 6.25. The number of hydrogen-bond donors (Lipinski definition) is 4. The maximum atomic E-state index is 13.0. The van der Waals surface area contributed by atoms with Crippen LogP contribution in [0.5, 0.6) is 0 Å². The standard InChI is InChI=1S/C20H25FN8O8S3/c1-29(7-4-27(5-8-29)40(34,35)36)6-2-3-11-9-38-18-13(17(31)28(18)14(11)19(32)33)23-16(30)12(25-37-10-21)15-24-20(22)39-26-15/h2-3,13,18H,4-10H2,1H3,(H4-,22,23,24,26,30,32,33,34,35,36)/p+1/b3-2+,25-12-/t13-,18-/m1/s1. The van der Waals surface area contributed by atoms with Crippen molar-refractivity contribution in [2.75, 3.05) is 58.1 Å². The zero-order chi connectivity index (χ0) is 29.2. The van der Waals surface area contributed by atoms with E-state index in [1.807, 2.05) is 7.05 Å². The first kappa shape index (κ1) is 29.8. The summed E-state index contributed by atoms with van der Waals surface area (Å²) in [5, 5.41) is 15.0. The van der Waals surface area contributed by atoms with Gasteiger partial charge < -0.3 is 25.5 Å². The lowest BCUT2D eigenvalue weighted by atomic mass is 10.0. The van der Waals surface area contributed by atoms with Gasteiger partial charge in [0.25, 0.3) is 18.7 Å². The fourth-order valence-electron chi connectivity index (χ4n) is 4.38. The Balaban J connectivity index is 1.44. The monoisotopic (exact) mass is 621 g/mol. The van der Waals surface area contributed by atoms with Crippen molar-refractivity contribution in [1.82, 2.24) is 23.9 Å². The van der Waals surface area contributed by atoms with Crippen LogP contribution in [0.15, 0.2) is 28.6 Å². The fraction of sp³-hybridized carbons (Fsp3) is 0.500. The summed E-state index contributed by atoms with van der Waals surface area (Å²) in [5.41, 5.74) is 5.23. The van der Waals surface area contributed by atoms with Gasteiger partial charge in [-0.3, -0.25) is 19.0 Å². The highest BCUT2D eigenvalue weighted by Gasteiger charge is 2.54. The molecule has 2 amide bonds. The van der Waals surface area contributed by atoms with E-state index < -0.39 is 52.1 Å². The first-order valence-corrected chi connectivity index (χ1v) is 14.9. The third-order valence-electron chi connectivity index (χ3n) is 6.53. The summed E-state index contributed by atoms with van der Waals surface area (Å²) >= 11 is 2.02. The number of amides is 2. The fourth-order valence-corrected chi connectivity index (χ4v) is 6.75. The number of allylic oxidation sites excluding steroid dienone is 1. The number of rotatable bonds is 10. The molecule has 0 bridgehead atoms. The number of quaternary nitrogens is 1. The molecule has 2 fully saturated rings. The van der Waals surface area contributed by atoms with E-state index in [0.29, 0.717) is 29.7 Å². The molecule has 3 aliphatic rings. The minimum absolute atomic E-state index is 0.0256. The second kappa shape index (κ2) is 11.7. The Morgan fingerprint density at radius 2 is 2.08 bits per heavy atom. The van der Waals surface area contributed by atoms with Crippen molar-refractivity contribution in [3.8, 4) is 0 Å². The molecule has 1 aromatic rings. The van der Waals surface area contributed by atoms with Crippen LogP contribution >= 0.6 is 23.3 Å². The number of alkyl halides is 1. The molecule has 0 spiro atoms.